The van der Waals surface area contributed by atoms with Crippen molar-refractivity contribution in [2.24, 2.45) is 7.05 Å². The molecule has 0 radical (unpaired) electrons. The Kier molecular flexibility index (Phi) is 2.83. The number of aromatic nitrogens is 3. The molecule has 1 aromatic heterocycles. The van der Waals surface area contributed by atoms with E-state index >= 15 is 0 Å². The fourth-order valence-electron chi connectivity index (χ4n) is 1.96. The number of nitrogens with zero attached hydrogens (tertiary/aromatic N) is 3. The van der Waals surface area contributed by atoms with Crippen LogP contribution in [0.2, 0.25) is 0 Å². The highest BCUT2D eigenvalue weighted by Gasteiger charge is 2.20. The van der Waals surface area contributed by atoms with Crippen LogP contribution < -0.4 is 5.32 Å². The highest BCUT2D eigenvalue weighted by Crippen LogP contribution is 2.24. The summed E-state index contributed by atoms with van der Waals surface area (Å²) >= 11 is 0. The molecule has 1 heterocycles. The van der Waals surface area contributed by atoms with Gasteiger partial charge in [0, 0.05) is 25.2 Å². The zero-order valence-electron chi connectivity index (χ0n) is 10.2. The standard InChI is InChI=1S/C13H15FN4/c1-18-13(8-16-17-18)11-6-9(2-5-12(11)14)7-15-10-3-4-10/h2,5-6,8,10,15H,3-4,7H2,1H3. The molecule has 0 unspecified atom stereocenters. The predicted molar refractivity (Wildman–Crippen MR) is 66.3 cm³/mol. The predicted octanol–water partition coefficient (Wildman–Crippen LogP) is 1.87. The molecule has 94 valence electrons. The van der Waals surface area contributed by atoms with Gasteiger partial charge in [0.2, 0.25) is 0 Å². The first kappa shape index (κ1) is 11.3. The molecule has 0 saturated heterocycles. The fourth-order valence-corrected chi connectivity index (χ4v) is 1.96. The third-order valence-electron chi connectivity index (χ3n) is 3.19. The summed E-state index contributed by atoms with van der Waals surface area (Å²) in [5.41, 5.74) is 2.33. The number of nitrogens with one attached hydrogen (secondary N) is 1. The Morgan fingerprint density at radius 1 is 1.44 bits per heavy atom. The van der Waals surface area contributed by atoms with Crippen LogP contribution in [0, 0.1) is 5.82 Å². The van der Waals surface area contributed by atoms with E-state index in [9.17, 15) is 4.39 Å². The molecule has 0 atom stereocenters. The number of halogens is 1. The molecule has 1 N–H and O–H groups in total. The quantitative estimate of drug-likeness (QED) is 0.895. The second-order valence-corrected chi connectivity index (χ2v) is 4.71. The molecule has 0 spiro atoms. The summed E-state index contributed by atoms with van der Waals surface area (Å²) in [4.78, 5) is 0. The van der Waals surface area contributed by atoms with Crippen molar-refractivity contribution < 1.29 is 4.39 Å². The van der Waals surface area contributed by atoms with Gasteiger partial charge in [-0.1, -0.05) is 11.3 Å². The number of aryl methyl sites for hydroxylation is 1. The van der Waals surface area contributed by atoms with E-state index in [1.54, 1.807) is 17.9 Å². The Labute approximate surface area is 105 Å². The molecule has 3 rings (SSSR count). The molecule has 1 fully saturated rings. The van der Waals surface area contributed by atoms with E-state index in [2.05, 4.69) is 15.6 Å². The second-order valence-electron chi connectivity index (χ2n) is 4.71. The van der Waals surface area contributed by atoms with Crippen molar-refractivity contribution >= 4 is 0 Å². The van der Waals surface area contributed by atoms with Gasteiger partial charge in [0.25, 0.3) is 0 Å². The molecule has 1 aliphatic rings. The Morgan fingerprint density at radius 2 is 2.28 bits per heavy atom. The van der Waals surface area contributed by atoms with Gasteiger partial charge in [0.15, 0.2) is 0 Å². The van der Waals surface area contributed by atoms with Gasteiger partial charge < -0.3 is 5.32 Å². The molecular formula is C13H15FN4. The average molecular weight is 246 g/mol. The van der Waals surface area contributed by atoms with E-state index < -0.39 is 0 Å². The summed E-state index contributed by atoms with van der Waals surface area (Å²) in [6, 6.07) is 5.84. The molecule has 0 bridgehead atoms. The van der Waals surface area contributed by atoms with E-state index in [1.165, 1.54) is 18.9 Å². The number of benzene rings is 1. The van der Waals surface area contributed by atoms with Gasteiger partial charge in [-0.3, -0.25) is 0 Å². The van der Waals surface area contributed by atoms with Crippen molar-refractivity contribution in [3.8, 4) is 11.3 Å². The van der Waals surface area contributed by atoms with Crippen molar-refractivity contribution in [1.82, 2.24) is 20.3 Å². The zero-order valence-corrected chi connectivity index (χ0v) is 10.2. The first-order valence-electron chi connectivity index (χ1n) is 6.11. The van der Waals surface area contributed by atoms with Crippen molar-refractivity contribution in [3.63, 3.8) is 0 Å². The van der Waals surface area contributed by atoms with Crippen LogP contribution in [0.4, 0.5) is 4.39 Å². The highest BCUT2D eigenvalue weighted by molar-refractivity contribution is 5.60. The lowest BCUT2D eigenvalue weighted by Gasteiger charge is -2.07. The van der Waals surface area contributed by atoms with E-state index in [-0.39, 0.29) is 5.82 Å². The van der Waals surface area contributed by atoms with Crippen LogP contribution in [-0.4, -0.2) is 21.0 Å². The monoisotopic (exact) mass is 246 g/mol. The lowest BCUT2D eigenvalue weighted by molar-refractivity contribution is 0.624. The molecule has 2 aromatic rings. The minimum absolute atomic E-state index is 0.240. The molecule has 5 heteroatoms. The van der Waals surface area contributed by atoms with Crippen LogP contribution in [0.25, 0.3) is 11.3 Å². The first-order chi connectivity index (χ1) is 8.74. The lowest BCUT2D eigenvalue weighted by Crippen LogP contribution is -2.15. The lowest BCUT2D eigenvalue weighted by atomic mass is 10.1. The minimum atomic E-state index is -0.240. The summed E-state index contributed by atoms with van der Waals surface area (Å²) in [7, 11) is 1.76. The van der Waals surface area contributed by atoms with Crippen molar-refractivity contribution in [1.29, 1.82) is 0 Å². The van der Waals surface area contributed by atoms with E-state index in [1.807, 2.05) is 12.1 Å². The normalized spacial score (nSPS) is 15.0. The topological polar surface area (TPSA) is 42.7 Å². The largest absolute Gasteiger partial charge is 0.310 e. The van der Waals surface area contributed by atoms with E-state index in [4.69, 9.17) is 0 Å². The van der Waals surface area contributed by atoms with Crippen molar-refractivity contribution in [2.45, 2.75) is 25.4 Å². The molecule has 4 nitrogen and oxygen atoms in total. The van der Waals surface area contributed by atoms with Gasteiger partial charge in [-0.2, -0.15) is 0 Å². The zero-order chi connectivity index (χ0) is 12.5. The van der Waals surface area contributed by atoms with Gasteiger partial charge in [0.1, 0.15) is 5.82 Å². The smallest absolute Gasteiger partial charge is 0.132 e. The highest BCUT2D eigenvalue weighted by atomic mass is 19.1. The summed E-state index contributed by atoms with van der Waals surface area (Å²) in [5, 5.41) is 11.0. The van der Waals surface area contributed by atoms with E-state index in [0.717, 1.165) is 12.1 Å². The maximum Gasteiger partial charge on any atom is 0.132 e. The molecule has 1 aromatic carbocycles. The summed E-state index contributed by atoms with van der Waals surface area (Å²) in [6.45, 7) is 0.781. The van der Waals surface area contributed by atoms with Gasteiger partial charge in [0.05, 0.1) is 11.9 Å². The third-order valence-corrected chi connectivity index (χ3v) is 3.19. The summed E-state index contributed by atoms with van der Waals surface area (Å²) < 4.78 is 15.4. The maximum atomic E-state index is 13.8. The Morgan fingerprint density at radius 3 is 2.94 bits per heavy atom. The molecule has 0 aliphatic heterocycles. The molecule has 1 saturated carbocycles. The summed E-state index contributed by atoms with van der Waals surface area (Å²) in [6.07, 6.45) is 4.08. The van der Waals surface area contributed by atoms with E-state index in [0.29, 0.717) is 17.3 Å². The number of rotatable bonds is 4. The molecule has 0 amide bonds. The van der Waals surface area contributed by atoms with Gasteiger partial charge in [-0.05, 0) is 30.5 Å². The number of hydrogen-bond donors (Lipinski definition) is 1. The SMILES string of the molecule is Cn1nncc1-c1cc(CNC2CC2)ccc1F. The van der Waals surface area contributed by atoms with Crippen LogP contribution in [-0.2, 0) is 13.6 Å². The fraction of sp³-hybridized carbons (Fsp3) is 0.385. The van der Waals surface area contributed by atoms with Crippen LogP contribution in [0.1, 0.15) is 18.4 Å². The third kappa shape index (κ3) is 2.26. The Hall–Kier alpha value is -1.75. The Bertz CT molecular complexity index is 560. The molecular weight excluding hydrogens is 231 g/mol. The maximum absolute atomic E-state index is 13.8. The van der Waals surface area contributed by atoms with Crippen molar-refractivity contribution in [3.05, 3.63) is 35.8 Å². The first-order valence-corrected chi connectivity index (χ1v) is 6.11. The minimum Gasteiger partial charge on any atom is -0.310 e. The Balaban J connectivity index is 1.87. The van der Waals surface area contributed by atoms with Crippen molar-refractivity contribution in [2.75, 3.05) is 0 Å². The molecule has 1 aliphatic carbocycles. The molecule has 18 heavy (non-hydrogen) atoms. The van der Waals surface area contributed by atoms with Crippen LogP contribution >= 0.6 is 0 Å². The van der Waals surface area contributed by atoms with Gasteiger partial charge >= 0.3 is 0 Å². The summed E-state index contributed by atoms with van der Waals surface area (Å²) in [5.74, 6) is -0.240. The second kappa shape index (κ2) is 4.49. The van der Waals surface area contributed by atoms with Gasteiger partial charge in [-0.25, -0.2) is 9.07 Å². The van der Waals surface area contributed by atoms with Gasteiger partial charge in [-0.15, -0.1) is 5.10 Å². The van der Waals surface area contributed by atoms with Crippen LogP contribution in [0.5, 0.6) is 0 Å². The van der Waals surface area contributed by atoms with Crippen LogP contribution in [0.3, 0.4) is 0 Å². The average Bonchev–Trinajstić information content (AvgIpc) is 3.10. The number of hydrogen-bond acceptors (Lipinski definition) is 3. The van der Waals surface area contributed by atoms with Crippen LogP contribution in [0.15, 0.2) is 24.4 Å².